The molecule has 118 valence electrons. The molecule has 0 spiro atoms. The van der Waals surface area contributed by atoms with Gasteiger partial charge in [0.15, 0.2) is 0 Å². The van der Waals surface area contributed by atoms with Crippen LogP contribution in [0.3, 0.4) is 0 Å². The molecule has 0 unspecified atom stereocenters. The fourth-order valence-electron chi connectivity index (χ4n) is 1.56. The Kier molecular flexibility index (Phi) is 5.10. The second-order valence-corrected chi connectivity index (χ2v) is 8.19. The molecule has 6 nitrogen and oxygen atoms in total. The number of nitrogens with one attached hydrogen (secondary N) is 2. The molecule has 0 aliphatic carbocycles. The third-order valence-electron chi connectivity index (χ3n) is 2.55. The van der Waals surface area contributed by atoms with Gasteiger partial charge in [-0.15, -0.1) is 9.66 Å². The van der Waals surface area contributed by atoms with Gasteiger partial charge in [-0.2, -0.15) is 0 Å². The molecular weight excluding hydrogens is 371 g/mol. The van der Waals surface area contributed by atoms with Crippen LogP contribution in [-0.4, -0.2) is 16.8 Å². The van der Waals surface area contributed by atoms with Crippen LogP contribution in [-0.2, 0) is 20.0 Å². The Morgan fingerprint density at radius 3 is 1.73 bits per heavy atom. The Balaban J connectivity index is 2.28. The normalized spacial score (nSPS) is 12.3. The predicted octanol–water partition coefficient (Wildman–Crippen LogP) is 2.17. The number of hydrazine groups is 1. The average molecular weight is 381 g/mol. The van der Waals surface area contributed by atoms with Crippen molar-refractivity contribution in [2.45, 2.75) is 9.79 Å². The van der Waals surface area contributed by atoms with Crippen molar-refractivity contribution in [3.63, 3.8) is 0 Å². The Morgan fingerprint density at radius 1 is 0.682 bits per heavy atom. The van der Waals surface area contributed by atoms with Crippen LogP contribution in [0.5, 0.6) is 0 Å². The van der Waals surface area contributed by atoms with Gasteiger partial charge in [-0.3, -0.25) is 0 Å². The van der Waals surface area contributed by atoms with Gasteiger partial charge in [0.25, 0.3) is 20.0 Å². The molecule has 0 aliphatic heterocycles. The standard InChI is InChI=1S/C12H10Cl2N2O4S2/c13-10-7-4-8-11(14)12(10)22(19,20)16-15-21(17,18)9-5-2-1-3-6-9/h1-8,15-16H. The molecule has 10 heteroatoms. The van der Waals surface area contributed by atoms with Crippen LogP contribution in [0.15, 0.2) is 58.3 Å². The first-order chi connectivity index (χ1) is 10.2. The summed E-state index contributed by atoms with van der Waals surface area (Å²) in [7, 11) is -8.32. The van der Waals surface area contributed by atoms with Gasteiger partial charge in [-0.25, -0.2) is 16.8 Å². The number of halogens is 2. The van der Waals surface area contributed by atoms with Crippen molar-refractivity contribution in [2.75, 3.05) is 0 Å². The van der Waals surface area contributed by atoms with E-state index in [1.54, 1.807) is 15.7 Å². The summed E-state index contributed by atoms with van der Waals surface area (Å²) in [5, 5.41) is -0.252. The molecule has 2 rings (SSSR count). The van der Waals surface area contributed by atoms with Crippen molar-refractivity contribution in [3.05, 3.63) is 58.6 Å². The van der Waals surface area contributed by atoms with Gasteiger partial charge < -0.3 is 0 Å². The van der Waals surface area contributed by atoms with Crippen LogP contribution in [0.2, 0.25) is 10.0 Å². The summed E-state index contributed by atoms with van der Waals surface area (Å²) in [5.41, 5.74) is 0. The van der Waals surface area contributed by atoms with E-state index >= 15 is 0 Å². The highest BCUT2D eigenvalue weighted by molar-refractivity contribution is 7.92. The topological polar surface area (TPSA) is 92.3 Å². The maximum Gasteiger partial charge on any atom is 0.257 e. The zero-order chi connectivity index (χ0) is 16.4. The summed E-state index contributed by atoms with van der Waals surface area (Å²) in [6, 6.07) is 11.4. The molecule has 0 aliphatic rings. The molecule has 0 bridgehead atoms. The second-order valence-electron chi connectivity index (χ2n) is 4.07. The van der Waals surface area contributed by atoms with Crippen molar-refractivity contribution in [1.82, 2.24) is 9.66 Å². The van der Waals surface area contributed by atoms with Crippen LogP contribution in [0, 0.1) is 0 Å². The molecule has 0 saturated carbocycles. The fraction of sp³-hybridized carbons (Fsp3) is 0. The lowest BCUT2D eigenvalue weighted by molar-refractivity contribution is 0.558. The number of rotatable bonds is 5. The van der Waals surface area contributed by atoms with E-state index in [9.17, 15) is 16.8 Å². The zero-order valence-electron chi connectivity index (χ0n) is 10.8. The number of sulfonamides is 2. The fourth-order valence-corrected chi connectivity index (χ4v) is 4.83. The zero-order valence-corrected chi connectivity index (χ0v) is 14.0. The van der Waals surface area contributed by atoms with Crippen LogP contribution >= 0.6 is 23.2 Å². The highest BCUT2D eigenvalue weighted by atomic mass is 35.5. The van der Waals surface area contributed by atoms with Crippen LogP contribution < -0.4 is 9.66 Å². The molecule has 2 aromatic rings. The quantitative estimate of drug-likeness (QED) is 0.777. The van der Waals surface area contributed by atoms with E-state index in [-0.39, 0.29) is 14.9 Å². The van der Waals surface area contributed by atoms with Crippen molar-refractivity contribution in [2.24, 2.45) is 0 Å². The van der Waals surface area contributed by atoms with Gasteiger partial charge in [0.05, 0.1) is 14.9 Å². The lowest BCUT2D eigenvalue weighted by Crippen LogP contribution is -2.41. The van der Waals surface area contributed by atoms with E-state index < -0.39 is 24.9 Å². The Morgan fingerprint density at radius 2 is 1.18 bits per heavy atom. The SMILES string of the molecule is O=S(=O)(NNS(=O)(=O)c1c(Cl)cccc1Cl)c1ccccc1. The second kappa shape index (κ2) is 6.53. The van der Waals surface area contributed by atoms with Gasteiger partial charge in [0.1, 0.15) is 4.90 Å². The summed E-state index contributed by atoms with van der Waals surface area (Å²) in [6.45, 7) is 0. The van der Waals surface area contributed by atoms with E-state index in [1.807, 2.05) is 0 Å². The first kappa shape index (κ1) is 17.2. The van der Waals surface area contributed by atoms with E-state index in [0.29, 0.717) is 0 Å². The predicted molar refractivity (Wildman–Crippen MR) is 83.5 cm³/mol. The van der Waals surface area contributed by atoms with Crippen LogP contribution in [0.25, 0.3) is 0 Å². The molecule has 0 heterocycles. The molecule has 0 fully saturated rings. The first-order valence-corrected chi connectivity index (χ1v) is 9.49. The summed E-state index contributed by atoms with van der Waals surface area (Å²) < 4.78 is 48.2. The Labute approximate surface area is 138 Å². The molecule has 0 atom stereocenters. The summed E-state index contributed by atoms with van der Waals surface area (Å²) in [6.07, 6.45) is 0. The van der Waals surface area contributed by atoms with Crippen molar-refractivity contribution >= 4 is 43.2 Å². The van der Waals surface area contributed by atoms with E-state index in [2.05, 4.69) is 0 Å². The lowest BCUT2D eigenvalue weighted by atomic mass is 10.4. The van der Waals surface area contributed by atoms with Gasteiger partial charge >= 0.3 is 0 Å². The monoisotopic (exact) mass is 380 g/mol. The molecule has 2 aromatic carbocycles. The van der Waals surface area contributed by atoms with Crippen molar-refractivity contribution in [1.29, 1.82) is 0 Å². The lowest BCUT2D eigenvalue weighted by Gasteiger charge is -2.11. The summed E-state index contributed by atoms with van der Waals surface area (Å²) >= 11 is 11.6. The molecule has 22 heavy (non-hydrogen) atoms. The first-order valence-electron chi connectivity index (χ1n) is 5.77. The maximum atomic E-state index is 12.1. The maximum absolute atomic E-state index is 12.1. The average Bonchev–Trinajstić information content (AvgIpc) is 2.46. The van der Waals surface area contributed by atoms with Gasteiger partial charge in [-0.05, 0) is 24.3 Å². The minimum absolute atomic E-state index is 0.0945. The van der Waals surface area contributed by atoms with Gasteiger partial charge in [0.2, 0.25) is 0 Å². The molecule has 0 amide bonds. The third-order valence-corrected chi connectivity index (χ3v) is 6.15. The highest BCUT2D eigenvalue weighted by Gasteiger charge is 2.24. The van der Waals surface area contributed by atoms with Crippen molar-refractivity contribution in [3.8, 4) is 0 Å². The largest absolute Gasteiger partial charge is 0.257 e. The van der Waals surface area contributed by atoms with Crippen molar-refractivity contribution < 1.29 is 16.8 Å². The Hall–Kier alpha value is -1.16. The molecule has 0 radical (unpaired) electrons. The number of hydrogen-bond donors (Lipinski definition) is 2. The van der Waals surface area contributed by atoms with Crippen LogP contribution in [0.1, 0.15) is 0 Å². The smallest absolute Gasteiger partial charge is 0.206 e. The Bertz CT molecular complexity index is 864. The molecular formula is C12H10Cl2N2O4S2. The highest BCUT2D eigenvalue weighted by Crippen LogP contribution is 2.28. The van der Waals surface area contributed by atoms with E-state index in [1.165, 1.54) is 42.5 Å². The van der Waals surface area contributed by atoms with E-state index in [0.717, 1.165) is 0 Å². The summed E-state index contributed by atoms with van der Waals surface area (Å²) in [5.74, 6) is 0. The molecule has 0 aromatic heterocycles. The van der Waals surface area contributed by atoms with Gasteiger partial charge in [-0.1, -0.05) is 47.5 Å². The number of benzene rings is 2. The minimum atomic E-state index is -4.27. The third kappa shape index (κ3) is 3.78. The molecule has 2 N–H and O–H groups in total. The molecule has 0 saturated heterocycles. The van der Waals surface area contributed by atoms with Crippen LogP contribution in [0.4, 0.5) is 0 Å². The minimum Gasteiger partial charge on any atom is -0.206 e. The summed E-state index contributed by atoms with van der Waals surface area (Å²) in [4.78, 5) is 3.04. The van der Waals surface area contributed by atoms with Gasteiger partial charge in [0, 0.05) is 0 Å². The van der Waals surface area contributed by atoms with E-state index in [4.69, 9.17) is 23.2 Å². The number of hydrogen-bond acceptors (Lipinski definition) is 4.